The Morgan fingerprint density at radius 2 is 2.14 bits per heavy atom. The molecular formula is C15H20FNO4. The van der Waals surface area contributed by atoms with Gasteiger partial charge in [0.25, 0.3) is 5.91 Å². The molecule has 2 N–H and O–H groups in total. The Hall–Kier alpha value is -1.66. The fraction of sp³-hybridized carbons (Fsp3) is 0.533. The molecule has 0 radical (unpaired) electrons. The van der Waals surface area contributed by atoms with Crippen molar-refractivity contribution in [1.29, 1.82) is 0 Å². The van der Waals surface area contributed by atoms with E-state index in [1.165, 1.54) is 24.3 Å². The van der Waals surface area contributed by atoms with E-state index in [0.29, 0.717) is 18.8 Å². The summed E-state index contributed by atoms with van der Waals surface area (Å²) < 4.78 is 23.5. The number of benzene rings is 1. The maximum absolute atomic E-state index is 12.8. The van der Waals surface area contributed by atoms with E-state index in [0.717, 1.165) is 0 Å². The fourth-order valence-corrected chi connectivity index (χ4v) is 2.04. The highest BCUT2D eigenvalue weighted by Gasteiger charge is 2.36. The second-order valence-corrected chi connectivity index (χ2v) is 5.78. The summed E-state index contributed by atoms with van der Waals surface area (Å²) in [5.74, 6) is -0.320. The highest BCUT2D eigenvalue weighted by Crippen LogP contribution is 2.20. The molecule has 0 aliphatic carbocycles. The third kappa shape index (κ3) is 4.15. The number of nitrogens with one attached hydrogen (secondary N) is 1. The highest BCUT2D eigenvalue weighted by atomic mass is 19.1. The normalized spacial score (nSPS) is 22.1. The Bertz CT molecular complexity index is 495. The molecule has 1 heterocycles. The van der Waals surface area contributed by atoms with E-state index in [1.54, 1.807) is 13.8 Å². The number of halogens is 1. The number of ether oxygens (including phenoxy) is 2. The lowest BCUT2D eigenvalue weighted by Crippen LogP contribution is -2.51. The lowest BCUT2D eigenvalue weighted by atomic mass is 10.0. The molecule has 1 aromatic rings. The van der Waals surface area contributed by atoms with Crippen molar-refractivity contribution >= 4 is 5.91 Å². The Kier molecular flexibility index (Phi) is 4.49. The van der Waals surface area contributed by atoms with Crippen molar-refractivity contribution < 1.29 is 23.8 Å². The zero-order valence-electron chi connectivity index (χ0n) is 12.2. The van der Waals surface area contributed by atoms with Gasteiger partial charge in [-0.05, 0) is 38.1 Å². The summed E-state index contributed by atoms with van der Waals surface area (Å²) in [6.07, 6.45) is 0.493. The third-order valence-corrected chi connectivity index (χ3v) is 3.39. The van der Waals surface area contributed by atoms with E-state index in [2.05, 4.69) is 5.32 Å². The minimum Gasteiger partial charge on any atom is -0.478 e. The van der Waals surface area contributed by atoms with E-state index < -0.39 is 11.2 Å². The van der Waals surface area contributed by atoms with Crippen molar-refractivity contribution in [2.45, 2.75) is 31.5 Å². The van der Waals surface area contributed by atoms with Crippen LogP contribution >= 0.6 is 0 Å². The first-order valence-corrected chi connectivity index (χ1v) is 6.84. The molecular weight excluding hydrogens is 277 g/mol. The average Bonchev–Trinajstić information content (AvgIpc) is 2.86. The first-order chi connectivity index (χ1) is 9.81. The standard InChI is InChI=1S/C15H20FNO4/c1-14(2,21-12-5-3-11(16)4-6-12)13(18)17-9-15(19)7-8-20-10-15/h3-6,19H,7-10H2,1-2H3,(H,17,18). The number of amides is 1. The number of carbonyl (C=O) groups is 1. The first-order valence-electron chi connectivity index (χ1n) is 6.84. The molecule has 1 unspecified atom stereocenters. The van der Waals surface area contributed by atoms with Gasteiger partial charge in [-0.25, -0.2) is 4.39 Å². The predicted molar refractivity (Wildman–Crippen MR) is 74.5 cm³/mol. The van der Waals surface area contributed by atoms with E-state index in [4.69, 9.17) is 9.47 Å². The zero-order chi connectivity index (χ0) is 15.5. The molecule has 6 heteroatoms. The Balaban J connectivity index is 1.91. The number of hydrogen-bond donors (Lipinski definition) is 2. The molecule has 1 saturated heterocycles. The van der Waals surface area contributed by atoms with Crippen molar-refractivity contribution in [3.63, 3.8) is 0 Å². The molecule has 0 saturated carbocycles. The summed E-state index contributed by atoms with van der Waals surface area (Å²) in [7, 11) is 0. The molecule has 1 aliphatic rings. The van der Waals surface area contributed by atoms with Gasteiger partial charge < -0.3 is 19.9 Å². The van der Waals surface area contributed by atoms with E-state index in [9.17, 15) is 14.3 Å². The quantitative estimate of drug-likeness (QED) is 0.858. The van der Waals surface area contributed by atoms with Gasteiger partial charge in [-0.3, -0.25) is 4.79 Å². The van der Waals surface area contributed by atoms with Crippen molar-refractivity contribution in [2.75, 3.05) is 19.8 Å². The predicted octanol–water partition coefficient (Wildman–Crippen LogP) is 1.25. The summed E-state index contributed by atoms with van der Waals surface area (Å²) in [5.41, 5.74) is -2.14. The Morgan fingerprint density at radius 3 is 2.71 bits per heavy atom. The minimum atomic E-state index is -1.13. The summed E-state index contributed by atoms with van der Waals surface area (Å²) in [5, 5.41) is 12.8. The summed E-state index contributed by atoms with van der Waals surface area (Å²) in [4.78, 5) is 12.2. The van der Waals surface area contributed by atoms with E-state index >= 15 is 0 Å². The molecule has 0 aromatic heterocycles. The highest BCUT2D eigenvalue weighted by molar-refractivity contribution is 5.84. The van der Waals surface area contributed by atoms with Crippen LogP contribution in [-0.4, -0.2) is 42.0 Å². The Morgan fingerprint density at radius 1 is 1.48 bits per heavy atom. The van der Waals surface area contributed by atoms with Crippen LogP contribution in [0.1, 0.15) is 20.3 Å². The second-order valence-electron chi connectivity index (χ2n) is 5.78. The van der Waals surface area contributed by atoms with Crippen molar-refractivity contribution in [3.05, 3.63) is 30.1 Å². The molecule has 116 valence electrons. The minimum absolute atomic E-state index is 0.113. The number of rotatable bonds is 5. The summed E-state index contributed by atoms with van der Waals surface area (Å²) in [6, 6.07) is 5.45. The lowest BCUT2D eigenvalue weighted by molar-refractivity contribution is -0.135. The van der Waals surface area contributed by atoms with Gasteiger partial charge in [-0.1, -0.05) is 0 Å². The van der Waals surface area contributed by atoms with Crippen LogP contribution in [0.5, 0.6) is 5.75 Å². The molecule has 1 aromatic carbocycles. The lowest BCUT2D eigenvalue weighted by Gasteiger charge is -2.28. The maximum atomic E-state index is 12.8. The van der Waals surface area contributed by atoms with Gasteiger partial charge in [0.2, 0.25) is 0 Å². The van der Waals surface area contributed by atoms with Crippen molar-refractivity contribution in [3.8, 4) is 5.75 Å². The fourth-order valence-electron chi connectivity index (χ4n) is 2.04. The van der Waals surface area contributed by atoms with Crippen LogP contribution in [-0.2, 0) is 9.53 Å². The van der Waals surface area contributed by atoms with Crippen LogP contribution in [0.2, 0.25) is 0 Å². The largest absolute Gasteiger partial charge is 0.478 e. The van der Waals surface area contributed by atoms with E-state index in [-0.39, 0.29) is 24.9 Å². The molecule has 1 aliphatic heterocycles. The van der Waals surface area contributed by atoms with E-state index in [1.807, 2.05) is 0 Å². The smallest absolute Gasteiger partial charge is 0.263 e. The summed E-state index contributed by atoms with van der Waals surface area (Å²) >= 11 is 0. The van der Waals surface area contributed by atoms with Crippen LogP contribution in [0, 0.1) is 5.82 Å². The number of carbonyl (C=O) groups excluding carboxylic acids is 1. The van der Waals surface area contributed by atoms with Gasteiger partial charge in [0.05, 0.1) is 6.61 Å². The maximum Gasteiger partial charge on any atom is 0.263 e. The van der Waals surface area contributed by atoms with Crippen LogP contribution in [0.3, 0.4) is 0 Å². The van der Waals surface area contributed by atoms with Crippen LogP contribution in [0.25, 0.3) is 0 Å². The topological polar surface area (TPSA) is 67.8 Å². The molecule has 0 spiro atoms. The SMILES string of the molecule is CC(C)(Oc1ccc(F)cc1)C(=O)NCC1(O)CCOC1. The van der Waals surface area contributed by atoms with Crippen molar-refractivity contribution in [1.82, 2.24) is 5.32 Å². The van der Waals surface area contributed by atoms with Crippen LogP contribution in [0.15, 0.2) is 24.3 Å². The first kappa shape index (κ1) is 15.7. The van der Waals surface area contributed by atoms with Gasteiger partial charge in [-0.2, -0.15) is 0 Å². The molecule has 1 fully saturated rings. The molecule has 1 atom stereocenters. The molecule has 1 amide bonds. The van der Waals surface area contributed by atoms with Gasteiger partial charge in [0, 0.05) is 19.6 Å². The average molecular weight is 297 g/mol. The van der Waals surface area contributed by atoms with Crippen LogP contribution < -0.4 is 10.1 Å². The third-order valence-electron chi connectivity index (χ3n) is 3.39. The molecule has 21 heavy (non-hydrogen) atoms. The van der Waals surface area contributed by atoms with Gasteiger partial charge in [-0.15, -0.1) is 0 Å². The zero-order valence-corrected chi connectivity index (χ0v) is 12.2. The number of hydrogen-bond acceptors (Lipinski definition) is 4. The monoisotopic (exact) mass is 297 g/mol. The van der Waals surface area contributed by atoms with Crippen LogP contribution in [0.4, 0.5) is 4.39 Å². The van der Waals surface area contributed by atoms with Gasteiger partial charge >= 0.3 is 0 Å². The molecule has 2 rings (SSSR count). The molecule has 0 bridgehead atoms. The number of aliphatic hydroxyl groups is 1. The Labute approximate surface area is 123 Å². The molecule has 5 nitrogen and oxygen atoms in total. The van der Waals surface area contributed by atoms with Gasteiger partial charge in [0.15, 0.2) is 5.60 Å². The second kappa shape index (κ2) is 5.99. The van der Waals surface area contributed by atoms with Gasteiger partial charge in [0.1, 0.15) is 17.2 Å². The summed E-state index contributed by atoms with van der Waals surface area (Å²) in [6.45, 7) is 4.04. The van der Waals surface area contributed by atoms with Crippen molar-refractivity contribution in [2.24, 2.45) is 0 Å².